The number of benzene rings is 1. The lowest BCUT2D eigenvalue weighted by Gasteiger charge is -2.21. The second-order valence-corrected chi connectivity index (χ2v) is 4.28. The molecule has 1 aromatic carbocycles. The number of hydrogen-bond acceptors (Lipinski definition) is 2. The molecule has 1 rings (SSSR count). The van der Waals surface area contributed by atoms with E-state index in [9.17, 15) is 0 Å². The summed E-state index contributed by atoms with van der Waals surface area (Å²) in [7, 11) is 4.15. The highest BCUT2D eigenvalue weighted by Crippen LogP contribution is 2.27. The van der Waals surface area contributed by atoms with E-state index in [-0.39, 0.29) is 0 Å². The van der Waals surface area contributed by atoms with Crippen molar-refractivity contribution in [1.29, 1.82) is 0 Å². The average Bonchev–Trinajstić information content (AvgIpc) is 2.26. The molecule has 0 saturated carbocycles. The van der Waals surface area contributed by atoms with Crippen LogP contribution in [0.5, 0.6) is 0 Å². The van der Waals surface area contributed by atoms with Crippen LogP contribution in [0.4, 0.5) is 5.69 Å². The Hall–Kier alpha value is -1.02. The third-order valence-corrected chi connectivity index (χ3v) is 2.87. The van der Waals surface area contributed by atoms with Crippen molar-refractivity contribution >= 4 is 5.69 Å². The van der Waals surface area contributed by atoms with E-state index in [1.807, 2.05) is 0 Å². The lowest BCUT2D eigenvalue weighted by molar-refractivity contribution is 0.769. The minimum Gasteiger partial charge on any atom is -0.377 e. The van der Waals surface area contributed by atoms with Gasteiger partial charge in [-0.3, -0.25) is 0 Å². The zero-order valence-electron chi connectivity index (χ0n) is 10.2. The number of nitrogens with zero attached hydrogens (tertiary/aromatic N) is 1. The number of anilines is 1. The molecule has 1 aromatic rings. The van der Waals surface area contributed by atoms with E-state index >= 15 is 0 Å². The van der Waals surface area contributed by atoms with Crippen molar-refractivity contribution in [3.8, 4) is 0 Å². The highest BCUT2D eigenvalue weighted by Gasteiger charge is 2.11. The van der Waals surface area contributed by atoms with Gasteiger partial charge in [0, 0.05) is 19.8 Å². The normalized spacial score (nSPS) is 12.6. The fourth-order valence-corrected chi connectivity index (χ4v) is 1.75. The van der Waals surface area contributed by atoms with Crippen molar-refractivity contribution in [2.24, 2.45) is 5.73 Å². The Labute approximate surface area is 93.1 Å². The lowest BCUT2D eigenvalue weighted by atomic mass is 9.96. The van der Waals surface area contributed by atoms with E-state index in [0.29, 0.717) is 12.5 Å². The highest BCUT2D eigenvalue weighted by molar-refractivity contribution is 5.55. The Morgan fingerprint density at radius 1 is 1.33 bits per heavy atom. The third-order valence-electron chi connectivity index (χ3n) is 2.87. The van der Waals surface area contributed by atoms with Crippen molar-refractivity contribution in [1.82, 2.24) is 0 Å². The maximum atomic E-state index is 5.75. The fourth-order valence-electron chi connectivity index (χ4n) is 1.75. The van der Waals surface area contributed by atoms with Gasteiger partial charge in [0.15, 0.2) is 0 Å². The molecular weight excluding hydrogens is 184 g/mol. The van der Waals surface area contributed by atoms with Gasteiger partial charge >= 0.3 is 0 Å². The number of nitrogens with two attached hydrogens (primary N) is 1. The molecule has 1 unspecified atom stereocenters. The summed E-state index contributed by atoms with van der Waals surface area (Å²) in [5, 5.41) is 0. The molecule has 2 nitrogen and oxygen atoms in total. The topological polar surface area (TPSA) is 29.3 Å². The van der Waals surface area contributed by atoms with Gasteiger partial charge in [-0.2, -0.15) is 0 Å². The largest absolute Gasteiger partial charge is 0.377 e. The van der Waals surface area contributed by atoms with Crippen LogP contribution in [-0.2, 0) is 6.42 Å². The highest BCUT2D eigenvalue weighted by atomic mass is 15.1. The first kappa shape index (κ1) is 12.1. The first-order chi connectivity index (χ1) is 7.10. The zero-order valence-corrected chi connectivity index (χ0v) is 10.2. The molecule has 0 aromatic heterocycles. The molecule has 0 spiro atoms. The van der Waals surface area contributed by atoms with Crippen LogP contribution in [0, 0.1) is 0 Å². The van der Waals surface area contributed by atoms with Gasteiger partial charge in [0.05, 0.1) is 0 Å². The van der Waals surface area contributed by atoms with Gasteiger partial charge < -0.3 is 10.6 Å². The lowest BCUT2D eigenvalue weighted by Crippen LogP contribution is -2.16. The molecular formula is C13H22N2. The second kappa shape index (κ2) is 5.17. The zero-order chi connectivity index (χ0) is 11.4. The van der Waals surface area contributed by atoms with Gasteiger partial charge in [-0.05, 0) is 36.1 Å². The maximum absolute atomic E-state index is 5.75. The molecule has 15 heavy (non-hydrogen) atoms. The number of aryl methyl sites for hydroxylation is 1. The molecule has 84 valence electrons. The SMILES string of the molecule is CCc1ccc(N(C)C)c(C(C)CN)c1. The number of rotatable bonds is 4. The van der Waals surface area contributed by atoms with E-state index in [0.717, 1.165) is 6.42 Å². The summed E-state index contributed by atoms with van der Waals surface area (Å²) in [6.45, 7) is 5.07. The summed E-state index contributed by atoms with van der Waals surface area (Å²) in [6.07, 6.45) is 1.08. The molecule has 0 aliphatic carbocycles. The van der Waals surface area contributed by atoms with Gasteiger partial charge in [0.2, 0.25) is 0 Å². The van der Waals surface area contributed by atoms with Crippen molar-refractivity contribution < 1.29 is 0 Å². The van der Waals surface area contributed by atoms with Gasteiger partial charge in [0.1, 0.15) is 0 Å². The standard InChI is InChI=1S/C13H22N2/c1-5-11-6-7-13(15(3)4)12(8-11)10(2)9-14/h6-8,10H,5,9,14H2,1-4H3. The third kappa shape index (κ3) is 2.72. The summed E-state index contributed by atoms with van der Waals surface area (Å²) in [4.78, 5) is 2.15. The van der Waals surface area contributed by atoms with E-state index < -0.39 is 0 Å². The molecule has 0 aliphatic rings. The van der Waals surface area contributed by atoms with E-state index in [2.05, 4.69) is 51.0 Å². The van der Waals surface area contributed by atoms with Gasteiger partial charge in [-0.15, -0.1) is 0 Å². The van der Waals surface area contributed by atoms with E-state index in [1.54, 1.807) is 0 Å². The summed E-state index contributed by atoms with van der Waals surface area (Å²) in [5.41, 5.74) is 9.78. The van der Waals surface area contributed by atoms with Crippen LogP contribution in [-0.4, -0.2) is 20.6 Å². The summed E-state index contributed by atoms with van der Waals surface area (Å²) >= 11 is 0. The number of hydrogen-bond donors (Lipinski definition) is 1. The van der Waals surface area contributed by atoms with Crippen molar-refractivity contribution in [3.05, 3.63) is 29.3 Å². The van der Waals surface area contributed by atoms with Gasteiger partial charge in [0.25, 0.3) is 0 Å². The van der Waals surface area contributed by atoms with Crippen LogP contribution in [0.25, 0.3) is 0 Å². The second-order valence-electron chi connectivity index (χ2n) is 4.28. The first-order valence-corrected chi connectivity index (χ1v) is 5.60. The Kier molecular flexibility index (Phi) is 4.15. The van der Waals surface area contributed by atoms with Crippen LogP contribution < -0.4 is 10.6 Å². The summed E-state index contributed by atoms with van der Waals surface area (Å²) in [6, 6.07) is 6.68. The Balaban J connectivity index is 3.16. The van der Waals surface area contributed by atoms with E-state index in [1.165, 1.54) is 16.8 Å². The monoisotopic (exact) mass is 206 g/mol. The van der Waals surface area contributed by atoms with Crippen LogP contribution in [0.3, 0.4) is 0 Å². The van der Waals surface area contributed by atoms with Crippen LogP contribution in [0.15, 0.2) is 18.2 Å². The molecule has 0 fully saturated rings. The quantitative estimate of drug-likeness (QED) is 0.819. The van der Waals surface area contributed by atoms with Crippen LogP contribution in [0.2, 0.25) is 0 Å². The Bertz CT molecular complexity index is 318. The van der Waals surface area contributed by atoms with Crippen LogP contribution >= 0.6 is 0 Å². The van der Waals surface area contributed by atoms with Gasteiger partial charge in [-0.25, -0.2) is 0 Å². The predicted molar refractivity (Wildman–Crippen MR) is 67.6 cm³/mol. The molecule has 0 radical (unpaired) electrons. The molecule has 2 heteroatoms. The Morgan fingerprint density at radius 3 is 2.47 bits per heavy atom. The van der Waals surface area contributed by atoms with Crippen molar-refractivity contribution in [2.75, 3.05) is 25.5 Å². The molecule has 0 aliphatic heterocycles. The predicted octanol–water partition coefficient (Wildman–Crippen LogP) is 2.38. The molecule has 1 atom stereocenters. The van der Waals surface area contributed by atoms with Crippen molar-refractivity contribution in [2.45, 2.75) is 26.2 Å². The smallest absolute Gasteiger partial charge is 0.0396 e. The minimum absolute atomic E-state index is 0.425. The average molecular weight is 206 g/mol. The molecule has 0 amide bonds. The van der Waals surface area contributed by atoms with E-state index in [4.69, 9.17) is 5.73 Å². The Morgan fingerprint density at radius 2 is 2.00 bits per heavy atom. The first-order valence-electron chi connectivity index (χ1n) is 5.60. The molecule has 0 bridgehead atoms. The molecule has 0 saturated heterocycles. The van der Waals surface area contributed by atoms with Crippen LogP contribution in [0.1, 0.15) is 30.9 Å². The molecule has 0 heterocycles. The van der Waals surface area contributed by atoms with Gasteiger partial charge in [-0.1, -0.05) is 26.0 Å². The minimum atomic E-state index is 0.425. The maximum Gasteiger partial charge on any atom is 0.0396 e. The fraction of sp³-hybridized carbons (Fsp3) is 0.538. The van der Waals surface area contributed by atoms with Crippen molar-refractivity contribution in [3.63, 3.8) is 0 Å². The summed E-state index contributed by atoms with van der Waals surface area (Å²) in [5.74, 6) is 0.425. The summed E-state index contributed by atoms with van der Waals surface area (Å²) < 4.78 is 0. The molecule has 2 N–H and O–H groups in total.